The number of hydrogen-bond acceptors (Lipinski definition) is 5. The van der Waals surface area contributed by atoms with Crippen LogP contribution in [0.25, 0.3) is 11.3 Å². The molecule has 2 aromatic carbocycles. The van der Waals surface area contributed by atoms with E-state index in [0.29, 0.717) is 18.1 Å². The maximum Gasteiger partial charge on any atom is 0.266 e. The highest BCUT2D eigenvalue weighted by Gasteiger charge is 2.23. The van der Waals surface area contributed by atoms with Gasteiger partial charge in [0, 0.05) is 18.2 Å². The van der Waals surface area contributed by atoms with Crippen molar-refractivity contribution in [2.24, 2.45) is 0 Å². The quantitative estimate of drug-likeness (QED) is 0.587. The zero-order valence-corrected chi connectivity index (χ0v) is 16.8. The van der Waals surface area contributed by atoms with E-state index in [2.05, 4.69) is 9.82 Å². The molecule has 0 atom stereocenters. The Labute approximate surface area is 172 Å². The molecule has 158 valence electrons. The summed E-state index contributed by atoms with van der Waals surface area (Å²) < 4.78 is 60.5. The average Bonchev–Trinajstić information content (AvgIpc) is 2.70. The lowest BCUT2D eigenvalue weighted by molar-refractivity contribution is 0.340. The molecule has 7 nitrogen and oxygen atoms in total. The van der Waals surface area contributed by atoms with Gasteiger partial charge in [0.1, 0.15) is 17.4 Å². The number of rotatable bonds is 8. The maximum absolute atomic E-state index is 13.7. The maximum atomic E-state index is 13.7. The first-order valence-corrected chi connectivity index (χ1v) is 10.5. The molecule has 3 aromatic rings. The van der Waals surface area contributed by atoms with Crippen molar-refractivity contribution < 1.29 is 21.9 Å². The van der Waals surface area contributed by atoms with Crippen molar-refractivity contribution in [2.75, 3.05) is 13.2 Å². The third-order valence-corrected chi connectivity index (χ3v) is 5.64. The van der Waals surface area contributed by atoms with E-state index in [1.165, 1.54) is 6.07 Å². The van der Waals surface area contributed by atoms with E-state index in [-0.39, 0.29) is 13.1 Å². The third-order valence-electron chi connectivity index (χ3n) is 4.13. The molecular weight excluding hydrogens is 416 g/mol. The third kappa shape index (κ3) is 4.89. The molecule has 1 N–H and O–H groups in total. The van der Waals surface area contributed by atoms with E-state index in [9.17, 15) is 22.0 Å². The van der Waals surface area contributed by atoms with Crippen LogP contribution in [-0.4, -0.2) is 31.3 Å². The zero-order chi connectivity index (χ0) is 21.7. The molecule has 0 aliphatic heterocycles. The molecule has 0 radical (unpaired) electrons. The lowest BCUT2D eigenvalue weighted by atomic mass is 10.1. The Morgan fingerprint density at radius 3 is 2.33 bits per heavy atom. The van der Waals surface area contributed by atoms with Crippen LogP contribution >= 0.6 is 0 Å². The second-order valence-corrected chi connectivity index (χ2v) is 7.89. The van der Waals surface area contributed by atoms with E-state index < -0.39 is 32.1 Å². The number of hydrogen-bond donors (Lipinski definition) is 1. The second-order valence-electron chi connectivity index (χ2n) is 6.19. The van der Waals surface area contributed by atoms with Gasteiger partial charge in [-0.25, -0.2) is 26.6 Å². The number of sulfonamides is 1. The van der Waals surface area contributed by atoms with Gasteiger partial charge >= 0.3 is 0 Å². The topological polar surface area (TPSA) is 90.3 Å². The summed E-state index contributed by atoms with van der Waals surface area (Å²) in [5, 5.41) is 4.23. The summed E-state index contributed by atoms with van der Waals surface area (Å²) in [6, 6.07) is 12.7. The Morgan fingerprint density at radius 1 is 1.03 bits per heavy atom. The molecule has 0 bridgehead atoms. The van der Waals surface area contributed by atoms with Crippen molar-refractivity contribution in [3.63, 3.8) is 0 Å². The van der Waals surface area contributed by atoms with E-state index in [4.69, 9.17) is 4.74 Å². The van der Waals surface area contributed by atoms with Gasteiger partial charge in [-0.3, -0.25) is 4.79 Å². The van der Waals surface area contributed by atoms with Crippen LogP contribution in [0.3, 0.4) is 0 Å². The summed E-state index contributed by atoms with van der Waals surface area (Å²) in [7, 11) is -4.43. The minimum Gasteiger partial charge on any atom is -0.494 e. The number of nitrogens with one attached hydrogen (secondary N) is 1. The molecule has 0 aliphatic carbocycles. The normalized spacial score (nSPS) is 11.4. The number of benzene rings is 2. The lowest BCUT2D eigenvalue weighted by Gasteiger charge is -2.10. The molecule has 0 saturated carbocycles. The largest absolute Gasteiger partial charge is 0.494 e. The molecule has 10 heteroatoms. The molecule has 0 unspecified atom stereocenters. The highest BCUT2D eigenvalue weighted by atomic mass is 32.2. The predicted octanol–water partition coefficient (Wildman–Crippen LogP) is 2.57. The molecule has 0 spiro atoms. The molecule has 0 fully saturated rings. The first-order chi connectivity index (χ1) is 14.3. The van der Waals surface area contributed by atoms with E-state index in [1.54, 1.807) is 30.3 Å². The van der Waals surface area contributed by atoms with Gasteiger partial charge in [0.05, 0.1) is 18.8 Å². The highest BCUT2D eigenvalue weighted by Crippen LogP contribution is 2.20. The zero-order valence-electron chi connectivity index (χ0n) is 16.0. The molecular formula is C20H19F2N3O4S. The monoisotopic (exact) mass is 435 g/mol. The summed E-state index contributed by atoms with van der Waals surface area (Å²) in [5.41, 5.74) is 0.794. The first-order valence-electron chi connectivity index (χ1n) is 9.07. The van der Waals surface area contributed by atoms with Gasteiger partial charge in [-0.2, -0.15) is 5.10 Å². The minimum atomic E-state index is -4.43. The molecule has 0 aliphatic rings. The van der Waals surface area contributed by atoms with Crippen LogP contribution in [0.15, 0.2) is 64.3 Å². The van der Waals surface area contributed by atoms with Crippen molar-refractivity contribution >= 4 is 10.0 Å². The highest BCUT2D eigenvalue weighted by molar-refractivity contribution is 7.89. The van der Waals surface area contributed by atoms with E-state index in [1.807, 2.05) is 6.92 Å². The smallest absolute Gasteiger partial charge is 0.266 e. The van der Waals surface area contributed by atoms with Gasteiger partial charge in [0.2, 0.25) is 10.0 Å². The molecule has 0 saturated heterocycles. The Bertz CT molecular complexity index is 1180. The van der Waals surface area contributed by atoms with Crippen LogP contribution in [0.5, 0.6) is 5.75 Å². The molecule has 1 aromatic heterocycles. The number of nitrogens with zero attached hydrogens (tertiary/aromatic N) is 2. The fourth-order valence-corrected chi connectivity index (χ4v) is 3.90. The molecule has 30 heavy (non-hydrogen) atoms. The molecule has 1 heterocycles. The standard InChI is InChI=1S/C20H19F2N3O4S/c1-2-29-15-8-6-14(7-9-15)18-10-11-19(26)25(24-18)13-12-23-30(27,28)20-16(21)4-3-5-17(20)22/h3-11,23H,2,12-13H2,1H3. The summed E-state index contributed by atoms with van der Waals surface area (Å²) in [4.78, 5) is 11.0. The van der Waals surface area contributed by atoms with Crippen LogP contribution in [0.2, 0.25) is 0 Å². The fourth-order valence-electron chi connectivity index (χ4n) is 2.75. The summed E-state index contributed by atoms with van der Waals surface area (Å²) in [6.07, 6.45) is 0. The van der Waals surface area contributed by atoms with Crippen molar-refractivity contribution in [3.05, 3.63) is 76.6 Å². The SMILES string of the molecule is CCOc1ccc(-c2ccc(=O)n(CCNS(=O)(=O)c3c(F)cccc3F)n2)cc1. The van der Waals surface area contributed by atoms with Gasteiger partial charge in [0.15, 0.2) is 4.90 Å². The van der Waals surface area contributed by atoms with Crippen molar-refractivity contribution in [1.82, 2.24) is 14.5 Å². The number of aromatic nitrogens is 2. The Morgan fingerprint density at radius 2 is 1.70 bits per heavy atom. The second kappa shape index (κ2) is 9.14. The lowest BCUT2D eigenvalue weighted by Crippen LogP contribution is -2.32. The van der Waals surface area contributed by atoms with E-state index >= 15 is 0 Å². The van der Waals surface area contributed by atoms with Crippen LogP contribution in [0.1, 0.15) is 6.92 Å². The van der Waals surface area contributed by atoms with Crippen LogP contribution in [-0.2, 0) is 16.6 Å². The Balaban J connectivity index is 1.74. The fraction of sp³-hybridized carbons (Fsp3) is 0.200. The average molecular weight is 435 g/mol. The van der Waals surface area contributed by atoms with Crippen molar-refractivity contribution in [3.8, 4) is 17.0 Å². The van der Waals surface area contributed by atoms with Gasteiger partial charge in [-0.05, 0) is 49.4 Å². The predicted molar refractivity (Wildman–Crippen MR) is 107 cm³/mol. The number of ether oxygens (including phenoxy) is 1. The summed E-state index contributed by atoms with van der Waals surface area (Å²) >= 11 is 0. The first kappa shape index (κ1) is 21.6. The number of halogens is 2. The van der Waals surface area contributed by atoms with Crippen LogP contribution < -0.4 is 15.0 Å². The molecule has 3 rings (SSSR count). The van der Waals surface area contributed by atoms with E-state index in [0.717, 1.165) is 28.4 Å². The van der Waals surface area contributed by atoms with Crippen LogP contribution in [0, 0.1) is 11.6 Å². The molecule has 0 amide bonds. The van der Waals surface area contributed by atoms with Crippen LogP contribution in [0.4, 0.5) is 8.78 Å². The van der Waals surface area contributed by atoms with Gasteiger partial charge in [-0.1, -0.05) is 6.07 Å². The van der Waals surface area contributed by atoms with Crippen molar-refractivity contribution in [2.45, 2.75) is 18.4 Å². The summed E-state index contributed by atoms with van der Waals surface area (Å²) in [6.45, 7) is 2.00. The minimum absolute atomic E-state index is 0.126. The van der Waals surface area contributed by atoms with Crippen molar-refractivity contribution in [1.29, 1.82) is 0 Å². The van der Waals surface area contributed by atoms with Gasteiger partial charge in [0.25, 0.3) is 5.56 Å². The van der Waals surface area contributed by atoms with Gasteiger partial charge < -0.3 is 4.74 Å². The Kier molecular flexibility index (Phi) is 6.58. The van der Waals surface area contributed by atoms with Gasteiger partial charge in [-0.15, -0.1) is 0 Å². The summed E-state index contributed by atoms with van der Waals surface area (Å²) in [5.74, 6) is -1.70. The Hall–Kier alpha value is -3.11.